The number of hydrogen-bond donors (Lipinski definition) is 2. The van der Waals surface area contributed by atoms with Crippen LogP contribution in [0.5, 0.6) is 23.1 Å². The molecule has 3 aromatic rings. The van der Waals surface area contributed by atoms with Gasteiger partial charge in [-0.3, -0.25) is 0 Å². The van der Waals surface area contributed by atoms with Crippen molar-refractivity contribution < 1.29 is 14.2 Å². The Bertz CT molecular complexity index is 997. The van der Waals surface area contributed by atoms with Gasteiger partial charge in [-0.1, -0.05) is 18.2 Å². The predicted octanol–water partition coefficient (Wildman–Crippen LogP) is 5.05. The number of aliphatic imine (C=N–C) groups is 1. The highest BCUT2D eigenvalue weighted by atomic mass is 127. The van der Waals surface area contributed by atoms with Gasteiger partial charge < -0.3 is 25.3 Å². The third kappa shape index (κ3) is 6.74. The molecule has 0 fully saturated rings. The monoisotopic (exact) mass is 534 g/mol. The van der Waals surface area contributed by atoms with E-state index in [9.17, 15) is 0 Å². The fourth-order valence-corrected chi connectivity index (χ4v) is 3.00. The van der Waals surface area contributed by atoms with Gasteiger partial charge in [0, 0.05) is 18.0 Å². The lowest BCUT2D eigenvalue weighted by Gasteiger charge is -2.13. The predicted molar refractivity (Wildman–Crippen MR) is 134 cm³/mol. The highest BCUT2D eigenvalue weighted by molar-refractivity contribution is 14.0. The van der Waals surface area contributed by atoms with E-state index in [1.165, 1.54) is 0 Å². The second-order valence-corrected chi connectivity index (χ2v) is 6.80. The average Bonchev–Trinajstić information content (AvgIpc) is 2.72. The van der Waals surface area contributed by atoms with E-state index in [4.69, 9.17) is 19.9 Å². The van der Waals surface area contributed by atoms with Crippen molar-refractivity contribution in [3.05, 3.63) is 71.4 Å². The number of ether oxygens (including phenoxy) is 3. The molecule has 31 heavy (non-hydrogen) atoms. The van der Waals surface area contributed by atoms with Crippen LogP contribution >= 0.6 is 24.0 Å². The van der Waals surface area contributed by atoms with Crippen LogP contribution in [0.2, 0.25) is 0 Å². The summed E-state index contributed by atoms with van der Waals surface area (Å²) >= 11 is 0. The third-order valence-corrected chi connectivity index (χ3v) is 4.31. The van der Waals surface area contributed by atoms with Crippen LogP contribution < -0.4 is 25.3 Å². The molecule has 0 unspecified atom stereocenters. The van der Waals surface area contributed by atoms with Crippen LogP contribution in [0.3, 0.4) is 0 Å². The number of aromatic nitrogens is 1. The molecule has 0 saturated heterocycles. The number of hydrogen-bond acceptors (Lipinski definition) is 5. The molecular formula is C23H27IN4O3. The molecule has 0 amide bonds. The van der Waals surface area contributed by atoms with Gasteiger partial charge >= 0.3 is 0 Å². The zero-order chi connectivity index (χ0) is 21.5. The van der Waals surface area contributed by atoms with Crippen molar-refractivity contribution in [3.63, 3.8) is 0 Å². The number of nitrogens with one attached hydrogen (secondary N) is 1. The molecule has 7 nitrogen and oxygen atoms in total. The summed E-state index contributed by atoms with van der Waals surface area (Å²) in [4.78, 5) is 8.73. The molecule has 0 saturated carbocycles. The molecule has 0 spiro atoms. The highest BCUT2D eigenvalue weighted by Gasteiger charge is 2.13. The molecule has 1 heterocycles. The van der Waals surface area contributed by atoms with Crippen LogP contribution in [0.25, 0.3) is 0 Å². The average molecular weight is 534 g/mol. The largest absolute Gasteiger partial charge is 0.493 e. The van der Waals surface area contributed by atoms with Crippen molar-refractivity contribution >= 4 is 35.6 Å². The minimum atomic E-state index is 0. The summed E-state index contributed by atoms with van der Waals surface area (Å²) in [7, 11) is 3.15. The van der Waals surface area contributed by atoms with Crippen molar-refractivity contribution in [1.82, 2.24) is 4.98 Å². The SMILES string of the molecule is COc1cccc(OC)c1Oc1ccc(CN=C(N)Nc2cc(C)cc(C)c2)cn1.I. The summed E-state index contributed by atoms with van der Waals surface area (Å²) in [6.07, 6.45) is 1.70. The van der Waals surface area contributed by atoms with E-state index in [0.29, 0.717) is 35.6 Å². The quantitative estimate of drug-likeness (QED) is 0.251. The van der Waals surface area contributed by atoms with Gasteiger partial charge in [0.05, 0.1) is 20.8 Å². The van der Waals surface area contributed by atoms with E-state index in [2.05, 4.69) is 21.4 Å². The fraction of sp³-hybridized carbons (Fsp3) is 0.217. The van der Waals surface area contributed by atoms with Gasteiger partial charge in [0.1, 0.15) is 0 Å². The molecule has 3 N–H and O–H groups in total. The van der Waals surface area contributed by atoms with Crippen molar-refractivity contribution in [2.24, 2.45) is 10.7 Å². The van der Waals surface area contributed by atoms with E-state index in [0.717, 1.165) is 22.4 Å². The molecule has 8 heteroatoms. The van der Waals surface area contributed by atoms with Gasteiger partial charge in [-0.25, -0.2) is 9.98 Å². The number of benzene rings is 2. The first-order valence-electron chi connectivity index (χ1n) is 9.47. The molecule has 0 aliphatic rings. The number of halogens is 1. The van der Waals surface area contributed by atoms with E-state index in [1.807, 2.05) is 38.1 Å². The zero-order valence-corrected chi connectivity index (χ0v) is 20.3. The van der Waals surface area contributed by atoms with Gasteiger partial charge in [-0.15, -0.1) is 24.0 Å². The molecule has 0 radical (unpaired) electrons. The van der Waals surface area contributed by atoms with Crippen LogP contribution in [0, 0.1) is 13.8 Å². The number of anilines is 1. The Morgan fingerprint density at radius 1 is 1.00 bits per heavy atom. The van der Waals surface area contributed by atoms with Crippen LogP contribution in [0.15, 0.2) is 59.7 Å². The molecule has 1 aromatic heterocycles. The van der Waals surface area contributed by atoms with E-state index < -0.39 is 0 Å². The number of nitrogens with zero attached hydrogens (tertiary/aromatic N) is 2. The van der Waals surface area contributed by atoms with Gasteiger partial charge in [-0.05, 0) is 54.8 Å². The Kier molecular flexibility index (Phi) is 8.92. The number of nitrogens with two attached hydrogens (primary N) is 1. The number of aryl methyl sites for hydroxylation is 2. The molecule has 164 valence electrons. The van der Waals surface area contributed by atoms with Gasteiger partial charge in [0.15, 0.2) is 17.5 Å². The summed E-state index contributed by atoms with van der Waals surface area (Å²) in [6.45, 7) is 4.48. The molecular weight excluding hydrogens is 507 g/mol. The maximum absolute atomic E-state index is 6.02. The first-order valence-corrected chi connectivity index (χ1v) is 9.47. The summed E-state index contributed by atoms with van der Waals surface area (Å²) in [5, 5.41) is 3.12. The molecule has 2 aromatic carbocycles. The Morgan fingerprint density at radius 3 is 2.19 bits per heavy atom. The van der Waals surface area contributed by atoms with Crippen molar-refractivity contribution in [2.75, 3.05) is 19.5 Å². The Hall–Kier alpha value is -3.01. The lowest BCUT2D eigenvalue weighted by molar-refractivity contribution is 0.342. The number of pyridine rings is 1. The van der Waals surface area contributed by atoms with Crippen molar-refractivity contribution in [2.45, 2.75) is 20.4 Å². The molecule has 0 bridgehead atoms. The number of methoxy groups -OCH3 is 2. The van der Waals surface area contributed by atoms with E-state index in [-0.39, 0.29) is 24.0 Å². The number of guanidine groups is 1. The fourth-order valence-electron chi connectivity index (χ4n) is 3.00. The summed E-state index contributed by atoms with van der Waals surface area (Å²) in [5.41, 5.74) is 10.2. The number of rotatable bonds is 7. The molecule has 0 aliphatic carbocycles. The van der Waals surface area contributed by atoms with E-state index >= 15 is 0 Å². The van der Waals surface area contributed by atoms with E-state index in [1.54, 1.807) is 38.6 Å². The first-order chi connectivity index (χ1) is 14.5. The molecule has 0 atom stereocenters. The topological polar surface area (TPSA) is 91.0 Å². The first kappa shape index (κ1) is 24.3. The van der Waals surface area contributed by atoms with Crippen LogP contribution in [0.1, 0.15) is 16.7 Å². The van der Waals surface area contributed by atoms with Gasteiger partial charge in [-0.2, -0.15) is 0 Å². The highest BCUT2D eigenvalue weighted by Crippen LogP contribution is 2.39. The Morgan fingerprint density at radius 2 is 1.65 bits per heavy atom. The number of para-hydroxylation sites is 1. The lowest BCUT2D eigenvalue weighted by Crippen LogP contribution is -2.22. The minimum absolute atomic E-state index is 0. The van der Waals surface area contributed by atoms with Crippen molar-refractivity contribution in [3.8, 4) is 23.1 Å². The zero-order valence-electron chi connectivity index (χ0n) is 18.0. The maximum Gasteiger partial charge on any atom is 0.219 e. The van der Waals surface area contributed by atoms with Crippen LogP contribution in [0.4, 0.5) is 5.69 Å². The van der Waals surface area contributed by atoms with Crippen LogP contribution in [-0.2, 0) is 6.54 Å². The lowest BCUT2D eigenvalue weighted by atomic mass is 10.1. The minimum Gasteiger partial charge on any atom is -0.493 e. The van der Waals surface area contributed by atoms with Crippen LogP contribution in [-0.4, -0.2) is 25.2 Å². The van der Waals surface area contributed by atoms with Gasteiger partial charge in [0.2, 0.25) is 11.6 Å². The smallest absolute Gasteiger partial charge is 0.219 e. The Labute approximate surface area is 199 Å². The molecule has 0 aliphatic heterocycles. The summed E-state index contributed by atoms with van der Waals surface area (Å²) in [5.74, 6) is 2.37. The second-order valence-electron chi connectivity index (χ2n) is 6.80. The normalized spacial score (nSPS) is 10.8. The van der Waals surface area contributed by atoms with Gasteiger partial charge in [0.25, 0.3) is 0 Å². The molecule has 3 rings (SSSR count). The maximum atomic E-state index is 6.02. The second kappa shape index (κ2) is 11.4. The Balaban J connectivity index is 0.00000341. The summed E-state index contributed by atoms with van der Waals surface area (Å²) < 4.78 is 16.6. The standard InChI is InChI=1S/C23H26N4O3.HI/c1-15-10-16(2)12-18(11-15)27-23(24)26-14-17-8-9-21(25-13-17)30-22-19(28-3)6-5-7-20(22)29-4;/h5-13H,14H2,1-4H3,(H3,24,26,27);1H. The summed E-state index contributed by atoms with van der Waals surface area (Å²) in [6, 6.07) is 15.2. The van der Waals surface area contributed by atoms with Crippen molar-refractivity contribution in [1.29, 1.82) is 0 Å². The third-order valence-electron chi connectivity index (χ3n) is 4.31.